The van der Waals surface area contributed by atoms with Crippen LogP contribution in [0, 0.1) is 0 Å². The van der Waals surface area contributed by atoms with Crippen LogP contribution >= 0.6 is 0 Å². The fraction of sp³-hybridized carbons (Fsp3) is 0.111. The molecular weight excluding hydrogens is 266 g/mol. The summed E-state index contributed by atoms with van der Waals surface area (Å²) in [5.74, 6) is 0. The van der Waals surface area contributed by atoms with Crippen molar-refractivity contribution in [3.8, 4) is 0 Å². The Labute approximate surface area is 126 Å². The summed E-state index contributed by atoms with van der Waals surface area (Å²) in [4.78, 5) is 0. The van der Waals surface area contributed by atoms with E-state index in [0.29, 0.717) is 0 Å². The van der Waals surface area contributed by atoms with Crippen molar-refractivity contribution < 1.29 is 18.1 Å². The summed E-state index contributed by atoms with van der Waals surface area (Å²) in [7, 11) is 0. The minimum Gasteiger partial charge on any atom is -1.00 e. The topological polar surface area (TPSA) is 27.6 Å². The van der Waals surface area contributed by atoms with Gasteiger partial charge >= 0.3 is 0 Å². The average molecular weight is 284 g/mol. The Morgan fingerprint density at radius 2 is 1.10 bits per heavy atom. The van der Waals surface area contributed by atoms with Crippen LogP contribution in [0.1, 0.15) is 11.1 Å². The molecule has 2 heteroatoms. The summed E-state index contributed by atoms with van der Waals surface area (Å²) >= 11 is 0. The van der Waals surface area contributed by atoms with E-state index in [1.54, 1.807) is 0 Å². The highest BCUT2D eigenvalue weighted by atomic mass is 35.5. The Morgan fingerprint density at radius 1 is 0.700 bits per heavy atom. The first-order valence-corrected chi connectivity index (χ1v) is 6.64. The summed E-state index contributed by atoms with van der Waals surface area (Å²) in [5.41, 5.74) is 6.51. The molecule has 0 unspecified atom stereocenters. The van der Waals surface area contributed by atoms with Gasteiger partial charge in [0, 0.05) is 0 Å². The van der Waals surface area contributed by atoms with E-state index in [4.69, 9.17) is 0 Å². The van der Waals surface area contributed by atoms with Crippen LogP contribution in [0.4, 0.5) is 0 Å². The summed E-state index contributed by atoms with van der Waals surface area (Å²) in [6.07, 6.45) is 8.91. The van der Waals surface area contributed by atoms with Gasteiger partial charge in [-0.25, -0.2) is 0 Å². The highest BCUT2D eigenvalue weighted by Gasteiger charge is 2.30. The maximum Gasteiger partial charge on any atom is 0.122 e. The Bertz CT molecular complexity index is 546. The molecule has 0 aliphatic heterocycles. The molecule has 0 heterocycles. The van der Waals surface area contributed by atoms with Gasteiger partial charge in [0.25, 0.3) is 0 Å². The van der Waals surface area contributed by atoms with Crippen LogP contribution in [0.25, 0.3) is 0 Å². The molecule has 3 rings (SSSR count). The molecule has 0 spiro atoms. The SMILES string of the molecule is [Cl-].[NH3+]C1C=CC(c2ccccc2)(c2ccccc2)C=C1. The lowest BCUT2D eigenvalue weighted by atomic mass is 9.72. The molecule has 0 radical (unpaired) electrons. The van der Waals surface area contributed by atoms with Gasteiger partial charge < -0.3 is 18.1 Å². The zero-order valence-corrected chi connectivity index (χ0v) is 12.0. The molecule has 0 fully saturated rings. The molecule has 0 atom stereocenters. The predicted octanol–water partition coefficient (Wildman–Crippen LogP) is -0.287. The molecule has 0 bridgehead atoms. The minimum atomic E-state index is -0.156. The van der Waals surface area contributed by atoms with Crippen molar-refractivity contribution in [3.05, 3.63) is 96.1 Å². The lowest BCUT2D eigenvalue weighted by molar-refractivity contribution is -0.387. The number of allylic oxidation sites excluding steroid dienone is 2. The largest absolute Gasteiger partial charge is 1.00 e. The van der Waals surface area contributed by atoms with Crippen LogP contribution in [0.15, 0.2) is 85.0 Å². The van der Waals surface area contributed by atoms with E-state index in [-0.39, 0.29) is 23.9 Å². The Kier molecular flexibility index (Phi) is 4.43. The highest BCUT2D eigenvalue weighted by Crippen LogP contribution is 2.37. The number of benzene rings is 2. The molecule has 1 aliphatic carbocycles. The molecule has 0 amide bonds. The van der Waals surface area contributed by atoms with Gasteiger partial charge in [0.15, 0.2) is 0 Å². The van der Waals surface area contributed by atoms with Crippen LogP contribution in [0.5, 0.6) is 0 Å². The molecule has 2 aromatic carbocycles. The molecule has 1 aliphatic rings. The van der Waals surface area contributed by atoms with Crippen LogP contribution in [0.2, 0.25) is 0 Å². The third-order valence-electron chi connectivity index (χ3n) is 3.72. The number of quaternary nitrogens is 1. The fourth-order valence-electron chi connectivity index (χ4n) is 2.65. The van der Waals surface area contributed by atoms with Crippen molar-refractivity contribution in [2.24, 2.45) is 0 Å². The predicted molar refractivity (Wildman–Crippen MR) is 78.6 cm³/mol. The molecule has 0 aromatic heterocycles. The van der Waals surface area contributed by atoms with Crippen LogP contribution in [-0.4, -0.2) is 6.04 Å². The fourth-order valence-corrected chi connectivity index (χ4v) is 2.65. The van der Waals surface area contributed by atoms with E-state index in [0.717, 1.165) is 0 Å². The van der Waals surface area contributed by atoms with E-state index >= 15 is 0 Å². The van der Waals surface area contributed by atoms with Gasteiger partial charge in [-0.1, -0.05) is 72.8 Å². The van der Waals surface area contributed by atoms with Gasteiger partial charge in [0.2, 0.25) is 0 Å². The second-order valence-electron chi connectivity index (χ2n) is 4.98. The van der Waals surface area contributed by atoms with E-state index in [2.05, 4.69) is 90.7 Å². The smallest absolute Gasteiger partial charge is 0.122 e. The molecule has 0 saturated carbocycles. The number of halogens is 1. The maximum atomic E-state index is 4.08. The third kappa shape index (κ3) is 2.55. The zero-order valence-electron chi connectivity index (χ0n) is 11.2. The lowest BCUT2D eigenvalue weighted by Gasteiger charge is -2.31. The molecule has 3 N–H and O–H groups in total. The van der Waals surface area contributed by atoms with E-state index < -0.39 is 0 Å². The highest BCUT2D eigenvalue weighted by molar-refractivity contribution is 5.51. The molecule has 20 heavy (non-hydrogen) atoms. The molecule has 0 saturated heterocycles. The molecule has 1 nitrogen and oxygen atoms in total. The standard InChI is InChI=1S/C18H17N.ClH/c19-17-11-13-18(14-12-17,15-7-3-1-4-8-15)16-9-5-2-6-10-16;/h1-14,17H,19H2;1H. The van der Waals surface area contributed by atoms with E-state index in [1.807, 2.05) is 0 Å². The zero-order chi connectivity index (χ0) is 13.1. The van der Waals surface area contributed by atoms with Gasteiger partial charge in [0.1, 0.15) is 6.04 Å². The van der Waals surface area contributed by atoms with Gasteiger partial charge in [0.05, 0.1) is 5.41 Å². The average Bonchev–Trinajstić information content (AvgIpc) is 2.50. The minimum absolute atomic E-state index is 0. The van der Waals surface area contributed by atoms with Crippen molar-refractivity contribution >= 4 is 0 Å². The number of rotatable bonds is 2. The first kappa shape index (κ1) is 14.6. The Morgan fingerprint density at radius 3 is 1.50 bits per heavy atom. The van der Waals surface area contributed by atoms with Crippen LogP contribution < -0.4 is 18.1 Å². The van der Waals surface area contributed by atoms with Crippen LogP contribution in [-0.2, 0) is 5.41 Å². The second kappa shape index (κ2) is 6.08. The summed E-state index contributed by atoms with van der Waals surface area (Å²) in [6, 6.07) is 21.5. The van der Waals surface area contributed by atoms with E-state index in [1.165, 1.54) is 11.1 Å². The van der Waals surface area contributed by atoms with Gasteiger partial charge in [-0.05, 0) is 23.3 Å². The lowest BCUT2D eigenvalue weighted by Crippen LogP contribution is -3.00. The van der Waals surface area contributed by atoms with Gasteiger partial charge in [-0.2, -0.15) is 0 Å². The van der Waals surface area contributed by atoms with Gasteiger partial charge in [-0.3, -0.25) is 0 Å². The van der Waals surface area contributed by atoms with Crippen molar-refractivity contribution in [1.29, 1.82) is 0 Å². The van der Waals surface area contributed by atoms with Crippen molar-refractivity contribution in [3.63, 3.8) is 0 Å². The molecule has 102 valence electrons. The number of hydrogen-bond acceptors (Lipinski definition) is 0. The molecule has 2 aromatic rings. The Balaban J connectivity index is 0.00000147. The van der Waals surface area contributed by atoms with Crippen molar-refractivity contribution in [1.82, 2.24) is 0 Å². The first-order chi connectivity index (χ1) is 9.31. The summed E-state index contributed by atoms with van der Waals surface area (Å²) < 4.78 is 0. The normalized spacial score (nSPS) is 16.6. The quantitative estimate of drug-likeness (QED) is 0.734. The third-order valence-corrected chi connectivity index (χ3v) is 3.72. The van der Waals surface area contributed by atoms with Gasteiger partial charge in [-0.15, -0.1) is 0 Å². The van der Waals surface area contributed by atoms with Crippen molar-refractivity contribution in [2.75, 3.05) is 0 Å². The van der Waals surface area contributed by atoms with Crippen LogP contribution in [0.3, 0.4) is 0 Å². The second-order valence-corrected chi connectivity index (χ2v) is 4.98. The monoisotopic (exact) mass is 283 g/mol. The van der Waals surface area contributed by atoms with E-state index in [9.17, 15) is 0 Å². The first-order valence-electron chi connectivity index (χ1n) is 6.64. The van der Waals surface area contributed by atoms with Crippen molar-refractivity contribution in [2.45, 2.75) is 11.5 Å². The summed E-state index contributed by atoms with van der Waals surface area (Å²) in [5, 5.41) is 0. The maximum absolute atomic E-state index is 4.08. The number of hydrogen-bond donors (Lipinski definition) is 1. The summed E-state index contributed by atoms with van der Waals surface area (Å²) in [6.45, 7) is 0. The molecular formula is C18H18ClN. The Hall–Kier alpha value is -1.83.